The molecule has 0 spiro atoms. The van der Waals surface area contributed by atoms with Gasteiger partial charge in [0.2, 0.25) is 5.91 Å². The van der Waals surface area contributed by atoms with Gasteiger partial charge in [-0.3, -0.25) is 9.59 Å². The molecule has 2 aromatic carbocycles. The van der Waals surface area contributed by atoms with Gasteiger partial charge in [-0.2, -0.15) is 0 Å². The molecule has 0 aliphatic heterocycles. The molecule has 7 heteroatoms. The normalized spacial score (nSPS) is 14.0. The second kappa shape index (κ2) is 11.5. The molecule has 0 saturated carbocycles. The van der Waals surface area contributed by atoms with Gasteiger partial charge in [-0.25, -0.2) is 4.79 Å². The number of alkyl carbamates (subject to hydrolysis) is 1. The Labute approximate surface area is 194 Å². The lowest BCUT2D eigenvalue weighted by atomic mass is 9.98. The fourth-order valence-corrected chi connectivity index (χ4v) is 4.29. The van der Waals surface area contributed by atoms with Gasteiger partial charge in [0, 0.05) is 30.8 Å². The van der Waals surface area contributed by atoms with E-state index in [1.54, 1.807) is 0 Å². The smallest absolute Gasteiger partial charge is 0.407 e. The maximum absolute atomic E-state index is 12.5. The van der Waals surface area contributed by atoms with Gasteiger partial charge in [0.05, 0.1) is 0 Å². The fraction of sp³-hybridized carbons (Fsp3) is 0.423. The number of nitrogens with one attached hydrogen (secondary N) is 2. The molecule has 33 heavy (non-hydrogen) atoms. The van der Waals surface area contributed by atoms with Gasteiger partial charge in [-0.15, -0.1) is 0 Å². The molecule has 176 valence electrons. The van der Waals surface area contributed by atoms with Crippen molar-refractivity contribution < 1.29 is 24.2 Å². The van der Waals surface area contributed by atoms with Crippen LogP contribution in [-0.4, -0.2) is 41.8 Å². The number of fused-ring (bicyclic) bond motifs is 3. The third-order valence-corrected chi connectivity index (χ3v) is 6.15. The third-order valence-electron chi connectivity index (χ3n) is 6.15. The van der Waals surface area contributed by atoms with Crippen molar-refractivity contribution in [2.75, 3.05) is 6.61 Å². The number of carboxylic acids is 1. The van der Waals surface area contributed by atoms with E-state index in [0.29, 0.717) is 19.3 Å². The number of rotatable bonds is 11. The lowest BCUT2D eigenvalue weighted by molar-refractivity contribution is -0.137. The average Bonchev–Trinajstić information content (AvgIpc) is 3.13. The first-order valence-electron chi connectivity index (χ1n) is 11.6. The van der Waals surface area contributed by atoms with E-state index >= 15 is 0 Å². The van der Waals surface area contributed by atoms with Crippen LogP contribution in [0.3, 0.4) is 0 Å². The molecule has 1 aliphatic rings. The van der Waals surface area contributed by atoms with Crippen molar-refractivity contribution in [1.82, 2.24) is 10.6 Å². The Hall–Kier alpha value is -3.35. The number of ether oxygens (including phenoxy) is 1. The van der Waals surface area contributed by atoms with E-state index in [9.17, 15) is 14.4 Å². The maximum atomic E-state index is 12.5. The summed E-state index contributed by atoms with van der Waals surface area (Å²) in [5.74, 6) is -1.12. The minimum Gasteiger partial charge on any atom is -0.481 e. The summed E-state index contributed by atoms with van der Waals surface area (Å²) in [6.07, 6.45) is 1.18. The molecule has 0 bridgehead atoms. The monoisotopic (exact) mass is 452 g/mol. The number of hydrogen-bond acceptors (Lipinski definition) is 4. The number of benzene rings is 2. The predicted octanol–water partition coefficient (Wildman–Crippen LogP) is 4.45. The summed E-state index contributed by atoms with van der Waals surface area (Å²) >= 11 is 0. The molecule has 0 aromatic heterocycles. The van der Waals surface area contributed by atoms with Gasteiger partial charge in [-0.05, 0) is 41.5 Å². The topological polar surface area (TPSA) is 105 Å². The number of carbonyl (C=O) groups is 3. The van der Waals surface area contributed by atoms with E-state index in [1.165, 1.54) is 11.1 Å². The number of aliphatic carboxylic acids is 1. The molecule has 2 amide bonds. The Balaban J connectivity index is 1.52. The fourth-order valence-electron chi connectivity index (χ4n) is 4.29. The lowest BCUT2D eigenvalue weighted by Gasteiger charge is -2.21. The zero-order chi connectivity index (χ0) is 23.8. The number of carboxylic acid groups (broad SMARTS) is 1. The van der Waals surface area contributed by atoms with Gasteiger partial charge in [-0.1, -0.05) is 62.4 Å². The molecule has 0 heterocycles. The van der Waals surface area contributed by atoms with Gasteiger partial charge < -0.3 is 20.5 Å². The molecule has 3 rings (SSSR count). The molecule has 2 unspecified atom stereocenters. The summed E-state index contributed by atoms with van der Waals surface area (Å²) in [4.78, 5) is 35.7. The van der Waals surface area contributed by atoms with E-state index in [4.69, 9.17) is 9.84 Å². The van der Waals surface area contributed by atoms with E-state index in [-0.39, 0.29) is 43.4 Å². The Morgan fingerprint density at radius 1 is 0.909 bits per heavy atom. The molecular weight excluding hydrogens is 420 g/mol. The largest absolute Gasteiger partial charge is 0.481 e. The maximum Gasteiger partial charge on any atom is 0.407 e. The lowest BCUT2D eigenvalue weighted by Crippen LogP contribution is -2.42. The summed E-state index contributed by atoms with van der Waals surface area (Å²) in [5, 5.41) is 14.5. The number of amides is 2. The van der Waals surface area contributed by atoms with Crippen molar-refractivity contribution in [3.63, 3.8) is 0 Å². The zero-order valence-corrected chi connectivity index (χ0v) is 19.2. The van der Waals surface area contributed by atoms with Crippen molar-refractivity contribution in [2.45, 2.75) is 64.0 Å². The molecule has 7 nitrogen and oxygen atoms in total. The highest BCUT2D eigenvalue weighted by atomic mass is 16.5. The Kier molecular flexibility index (Phi) is 8.46. The second-order valence-corrected chi connectivity index (χ2v) is 8.38. The third kappa shape index (κ3) is 6.34. The van der Waals surface area contributed by atoms with E-state index in [2.05, 4.69) is 34.9 Å². The average molecular weight is 453 g/mol. The van der Waals surface area contributed by atoms with Crippen LogP contribution in [0.4, 0.5) is 4.79 Å². The SMILES string of the molecule is CCC(CCC(=O)O)NC(=O)CC(CC)NC(=O)OCC1c2ccccc2-c2ccccc21. The standard InChI is InChI=1S/C26H32N2O5/c1-3-17(13-14-25(30)31)27-24(29)15-18(4-2)28-26(32)33-16-23-21-11-7-5-9-19(21)20-10-6-8-12-22(20)23/h5-12,17-18,23H,3-4,13-16H2,1-2H3,(H,27,29)(H,28,32)(H,30,31). The molecule has 3 N–H and O–H groups in total. The van der Waals surface area contributed by atoms with Crippen LogP contribution in [0.25, 0.3) is 11.1 Å². The molecule has 1 aliphatic carbocycles. The molecule has 0 fully saturated rings. The van der Waals surface area contributed by atoms with Crippen LogP contribution in [0.2, 0.25) is 0 Å². The first kappa shape index (κ1) is 24.3. The first-order valence-corrected chi connectivity index (χ1v) is 11.6. The van der Waals surface area contributed by atoms with Crippen molar-refractivity contribution in [3.8, 4) is 11.1 Å². The highest BCUT2D eigenvalue weighted by Crippen LogP contribution is 2.44. The van der Waals surface area contributed by atoms with Crippen molar-refractivity contribution >= 4 is 18.0 Å². The van der Waals surface area contributed by atoms with Gasteiger partial charge in [0.1, 0.15) is 6.61 Å². The Morgan fingerprint density at radius 3 is 2.03 bits per heavy atom. The van der Waals surface area contributed by atoms with Crippen molar-refractivity contribution in [3.05, 3.63) is 59.7 Å². The summed E-state index contributed by atoms with van der Waals surface area (Å²) in [6, 6.07) is 15.7. The molecule has 2 aromatic rings. The molecule has 2 atom stereocenters. The Morgan fingerprint density at radius 2 is 1.48 bits per heavy atom. The van der Waals surface area contributed by atoms with E-state index in [0.717, 1.165) is 11.1 Å². The van der Waals surface area contributed by atoms with Crippen LogP contribution < -0.4 is 10.6 Å². The number of carbonyl (C=O) groups excluding carboxylic acids is 2. The number of hydrogen-bond donors (Lipinski definition) is 3. The summed E-state index contributed by atoms with van der Waals surface area (Å²) in [5.41, 5.74) is 4.62. The van der Waals surface area contributed by atoms with Gasteiger partial charge in [0.25, 0.3) is 0 Å². The highest BCUT2D eigenvalue weighted by Gasteiger charge is 2.29. The summed E-state index contributed by atoms with van der Waals surface area (Å²) in [6.45, 7) is 4.01. The van der Waals surface area contributed by atoms with Crippen LogP contribution in [0.15, 0.2) is 48.5 Å². The summed E-state index contributed by atoms with van der Waals surface area (Å²) in [7, 11) is 0. The van der Waals surface area contributed by atoms with Crippen LogP contribution in [0, 0.1) is 0 Å². The van der Waals surface area contributed by atoms with E-state index < -0.39 is 12.1 Å². The van der Waals surface area contributed by atoms with E-state index in [1.807, 2.05) is 38.1 Å². The van der Waals surface area contributed by atoms with Crippen LogP contribution in [-0.2, 0) is 14.3 Å². The van der Waals surface area contributed by atoms with Crippen LogP contribution >= 0.6 is 0 Å². The Bertz CT molecular complexity index is 945. The van der Waals surface area contributed by atoms with Gasteiger partial charge >= 0.3 is 12.1 Å². The minimum atomic E-state index is -0.883. The van der Waals surface area contributed by atoms with Crippen LogP contribution in [0.5, 0.6) is 0 Å². The minimum absolute atomic E-state index is 0.00793. The zero-order valence-electron chi connectivity index (χ0n) is 19.2. The second-order valence-electron chi connectivity index (χ2n) is 8.38. The molecular formula is C26H32N2O5. The highest BCUT2D eigenvalue weighted by molar-refractivity contribution is 5.79. The molecule has 0 saturated heterocycles. The summed E-state index contributed by atoms with van der Waals surface area (Å²) < 4.78 is 5.57. The van der Waals surface area contributed by atoms with Crippen molar-refractivity contribution in [1.29, 1.82) is 0 Å². The van der Waals surface area contributed by atoms with Crippen molar-refractivity contribution in [2.24, 2.45) is 0 Å². The first-order chi connectivity index (χ1) is 15.9. The molecule has 0 radical (unpaired) electrons. The van der Waals surface area contributed by atoms with Gasteiger partial charge in [0.15, 0.2) is 0 Å². The predicted molar refractivity (Wildman–Crippen MR) is 126 cm³/mol. The quantitative estimate of drug-likeness (QED) is 0.467. The van der Waals surface area contributed by atoms with Crippen LogP contribution in [0.1, 0.15) is 63.0 Å².